The quantitative estimate of drug-likeness (QED) is 0.616. The Labute approximate surface area is 142 Å². The summed E-state index contributed by atoms with van der Waals surface area (Å²) in [5.74, 6) is 1.21. The van der Waals surface area contributed by atoms with Crippen molar-refractivity contribution in [1.82, 2.24) is 10.2 Å². The van der Waals surface area contributed by atoms with Gasteiger partial charge in [-0.05, 0) is 57.5 Å². The zero-order chi connectivity index (χ0) is 16.3. The van der Waals surface area contributed by atoms with E-state index in [0.717, 1.165) is 18.0 Å². The molecule has 2 atom stereocenters. The summed E-state index contributed by atoms with van der Waals surface area (Å²) in [4.78, 5) is 6.72. The van der Waals surface area contributed by atoms with Crippen LogP contribution < -0.4 is 11.1 Å². The predicted molar refractivity (Wildman–Crippen MR) is 94.7 cm³/mol. The van der Waals surface area contributed by atoms with Crippen LogP contribution in [0.15, 0.2) is 23.2 Å². The number of benzene rings is 1. The van der Waals surface area contributed by atoms with Crippen molar-refractivity contribution in [2.24, 2.45) is 16.6 Å². The number of nitrogens with one attached hydrogen (secondary N) is 1. The van der Waals surface area contributed by atoms with Gasteiger partial charge in [-0.25, -0.2) is 0 Å². The average Bonchev–Trinajstić information content (AvgIpc) is 3.22. The van der Waals surface area contributed by atoms with E-state index in [2.05, 4.69) is 29.3 Å². The molecule has 0 radical (unpaired) electrons. The van der Waals surface area contributed by atoms with Crippen LogP contribution in [0, 0.1) is 5.92 Å². The fourth-order valence-corrected chi connectivity index (χ4v) is 3.18. The van der Waals surface area contributed by atoms with Gasteiger partial charge in [-0.3, -0.25) is 4.99 Å². The average molecular weight is 343 g/mol. The van der Waals surface area contributed by atoms with E-state index in [1.54, 1.807) is 6.07 Å². The fourth-order valence-electron chi connectivity index (χ4n) is 2.60. The highest BCUT2D eigenvalue weighted by atomic mass is 35.5. The molecule has 1 aromatic carbocycles. The minimum absolute atomic E-state index is 0.0211. The maximum atomic E-state index is 6.21. The first-order valence-corrected chi connectivity index (χ1v) is 8.32. The van der Waals surface area contributed by atoms with E-state index in [0.29, 0.717) is 22.0 Å². The van der Waals surface area contributed by atoms with Crippen LogP contribution in [-0.4, -0.2) is 37.5 Å². The predicted octanol–water partition coefficient (Wildman–Crippen LogP) is 3.30. The number of likely N-dealkylation sites (N-methyl/N-ethyl adjacent to an activating group) is 1. The lowest BCUT2D eigenvalue weighted by Gasteiger charge is -2.23. The first-order chi connectivity index (χ1) is 10.4. The molecule has 0 spiro atoms. The van der Waals surface area contributed by atoms with Crippen LogP contribution in [0.5, 0.6) is 0 Å². The third-order valence-electron chi connectivity index (χ3n) is 4.07. The van der Waals surface area contributed by atoms with Crippen molar-refractivity contribution in [1.29, 1.82) is 0 Å². The van der Waals surface area contributed by atoms with Crippen molar-refractivity contribution in [3.8, 4) is 0 Å². The highest BCUT2D eigenvalue weighted by Crippen LogP contribution is 2.34. The molecule has 22 heavy (non-hydrogen) atoms. The van der Waals surface area contributed by atoms with E-state index in [9.17, 15) is 0 Å². The van der Waals surface area contributed by atoms with Gasteiger partial charge in [0.1, 0.15) is 0 Å². The second-order valence-electron chi connectivity index (χ2n) is 6.13. The van der Waals surface area contributed by atoms with Crippen molar-refractivity contribution in [2.45, 2.75) is 31.8 Å². The van der Waals surface area contributed by atoms with Crippen LogP contribution in [0.1, 0.15) is 31.4 Å². The smallest absolute Gasteiger partial charge is 0.189 e. The summed E-state index contributed by atoms with van der Waals surface area (Å²) in [7, 11) is 4.19. The summed E-state index contributed by atoms with van der Waals surface area (Å²) in [6, 6.07) is 5.91. The molecule has 1 aliphatic carbocycles. The van der Waals surface area contributed by atoms with Crippen LogP contribution in [0.4, 0.5) is 0 Å². The minimum Gasteiger partial charge on any atom is -0.370 e. The van der Waals surface area contributed by atoms with Gasteiger partial charge >= 0.3 is 0 Å². The van der Waals surface area contributed by atoms with Gasteiger partial charge in [-0.15, -0.1) is 0 Å². The highest BCUT2D eigenvalue weighted by Gasteiger charge is 2.32. The molecule has 6 heteroatoms. The monoisotopic (exact) mass is 342 g/mol. The minimum atomic E-state index is -0.0211. The Kier molecular flexibility index (Phi) is 5.95. The third kappa shape index (κ3) is 4.77. The number of halogens is 2. The normalized spacial score (nSPS) is 18.4. The lowest BCUT2D eigenvalue weighted by atomic mass is 10.1. The molecular formula is C16H24Cl2N4. The van der Waals surface area contributed by atoms with E-state index in [-0.39, 0.29) is 6.04 Å². The Morgan fingerprint density at radius 1 is 1.41 bits per heavy atom. The van der Waals surface area contributed by atoms with Gasteiger partial charge < -0.3 is 16.0 Å². The first kappa shape index (κ1) is 17.4. The van der Waals surface area contributed by atoms with E-state index >= 15 is 0 Å². The van der Waals surface area contributed by atoms with Crippen molar-refractivity contribution >= 4 is 29.2 Å². The molecule has 1 aromatic rings. The molecule has 1 fully saturated rings. The molecule has 122 valence electrons. The summed E-state index contributed by atoms with van der Waals surface area (Å²) < 4.78 is 0. The van der Waals surface area contributed by atoms with Crippen LogP contribution in [0.3, 0.4) is 0 Å². The molecule has 3 N–H and O–H groups in total. The Balaban J connectivity index is 1.95. The molecule has 1 aliphatic rings. The molecule has 2 unspecified atom stereocenters. The second-order valence-corrected chi connectivity index (χ2v) is 6.97. The van der Waals surface area contributed by atoms with E-state index in [4.69, 9.17) is 28.9 Å². The summed E-state index contributed by atoms with van der Waals surface area (Å²) in [5.41, 5.74) is 6.97. The summed E-state index contributed by atoms with van der Waals surface area (Å²) in [6.07, 6.45) is 2.59. The number of guanidine groups is 1. The largest absolute Gasteiger partial charge is 0.370 e. The van der Waals surface area contributed by atoms with Crippen LogP contribution >= 0.6 is 23.2 Å². The van der Waals surface area contributed by atoms with Gasteiger partial charge in [0, 0.05) is 16.1 Å². The SMILES string of the molecule is CC(NC(N)=NCC(C1CC1)N(C)C)c1ccc(Cl)cc1Cl. The van der Waals surface area contributed by atoms with Gasteiger partial charge in [0.2, 0.25) is 0 Å². The Bertz CT molecular complexity index is 539. The summed E-state index contributed by atoms with van der Waals surface area (Å²) in [6.45, 7) is 2.72. The Hall–Kier alpha value is -0.970. The van der Waals surface area contributed by atoms with Crippen molar-refractivity contribution in [2.75, 3.05) is 20.6 Å². The molecule has 1 saturated carbocycles. The standard InChI is InChI=1S/C16H24Cl2N4/c1-10(13-7-6-12(17)8-14(13)18)21-16(19)20-9-15(22(2)3)11-4-5-11/h6-8,10-11,15H,4-5,9H2,1-3H3,(H3,19,20,21). The zero-order valence-corrected chi connectivity index (χ0v) is 14.8. The maximum absolute atomic E-state index is 6.21. The van der Waals surface area contributed by atoms with E-state index in [1.165, 1.54) is 12.8 Å². The van der Waals surface area contributed by atoms with Crippen molar-refractivity contribution < 1.29 is 0 Å². The van der Waals surface area contributed by atoms with E-state index in [1.807, 2.05) is 19.1 Å². The molecule has 4 nitrogen and oxygen atoms in total. The maximum Gasteiger partial charge on any atom is 0.189 e. The van der Waals surface area contributed by atoms with Crippen LogP contribution in [-0.2, 0) is 0 Å². The molecule has 2 rings (SSSR count). The Morgan fingerprint density at radius 3 is 2.64 bits per heavy atom. The lowest BCUT2D eigenvalue weighted by molar-refractivity contribution is 0.271. The highest BCUT2D eigenvalue weighted by molar-refractivity contribution is 6.35. The number of nitrogens with zero attached hydrogens (tertiary/aromatic N) is 2. The number of hydrogen-bond acceptors (Lipinski definition) is 2. The number of hydrogen-bond donors (Lipinski definition) is 2. The van der Waals surface area contributed by atoms with Gasteiger partial charge in [0.15, 0.2) is 5.96 Å². The zero-order valence-electron chi connectivity index (χ0n) is 13.3. The van der Waals surface area contributed by atoms with Crippen LogP contribution in [0.2, 0.25) is 10.0 Å². The molecule has 0 aromatic heterocycles. The van der Waals surface area contributed by atoms with Gasteiger partial charge in [0.05, 0.1) is 12.6 Å². The third-order valence-corrected chi connectivity index (χ3v) is 4.63. The first-order valence-electron chi connectivity index (χ1n) is 7.56. The van der Waals surface area contributed by atoms with E-state index < -0.39 is 0 Å². The molecule has 0 amide bonds. The fraction of sp³-hybridized carbons (Fsp3) is 0.562. The van der Waals surface area contributed by atoms with Crippen LogP contribution in [0.25, 0.3) is 0 Å². The molecule has 0 heterocycles. The molecule has 0 bridgehead atoms. The second kappa shape index (κ2) is 7.53. The number of nitrogens with two attached hydrogens (primary N) is 1. The van der Waals surface area contributed by atoms with Gasteiger partial charge in [-0.2, -0.15) is 0 Å². The van der Waals surface area contributed by atoms with Crippen molar-refractivity contribution in [3.05, 3.63) is 33.8 Å². The summed E-state index contributed by atoms with van der Waals surface area (Å²) >= 11 is 12.1. The lowest BCUT2D eigenvalue weighted by Crippen LogP contribution is -2.37. The Morgan fingerprint density at radius 2 is 2.09 bits per heavy atom. The molecule has 0 aliphatic heterocycles. The number of aliphatic imine (C=N–C) groups is 1. The van der Waals surface area contributed by atoms with Gasteiger partial charge in [-0.1, -0.05) is 29.3 Å². The molecular weight excluding hydrogens is 319 g/mol. The summed E-state index contributed by atoms with van der Waals surface area (Å²) in [5, 5.41) is 4.45. The topological polar surface area (TPSA) is 53.6 Å². The van der Waals surface area contributed by atoms with Gasteiger partial charge in [0.25, 0.3) is 0 Å². The molecule has 0 saturated heterocycles. The van der Waals surface area contributed by atoms with Crippen molar-refractivity contribution in [3.63, 3.8) is 0 Å². The number of rotatable bonds is 6.